The maximum atomic E-state index is 12.5. The molecule has 0 bridgehead atoms. The van der Waals surface area contributed by atoms with E-state index in [1.165, 1.54) is 0 Å². The summed E-state index contributed by atoms with van der Waals surface area (Å²) in [6, 6.07) is 6.84. The Morgan fingerprint density at radius 3 is 2.75 bits per heavy atom. The fourth-order valence-electron chi connectivity index (χ4n) is 2.58. The number of hydrogen-bond donors (Lipinski definition) is 2. The summed E-state index contributed by atoms with van der Waals surface area (Å²) in [5.41, 5.74) is 0.856. The third-order valence-corrected chi connectivity index (χ3v) is 6.04. The minimum Gasteiger partial charge on any atom is -0.424 e. The summed E-state index contributed by atoms with van der Waals surface area (Å²) in [5.74, 6) is 1.00. The maximum absolute atomic E-state index is 12.5. The second kappa shape index (κ2) is 7.18. The molecule has 1 aromatic carbocycles. The average Bonchev–Trinajstić information content (AvgIpc) is 3.23. The molecule has 130 valence electrons. The van der Waals surface area contributed by atoms with Crippen molar-refractivity contribution in [3.05, 3.63) is 46.6 Å². The molecule has 1 fully saturated rings. The molecule has 24 heavy (non-hydrogen) atoms. The summed E-state index contributed by atoms with van der Waals surface area (Å²) in [5, 5.41) is 11.1. The lowest BCUT2D eigenvalue weighted by atomic mass is 10.2. The molecular formula is C15H19ClN4O3S. The normalized spacial score (nSPS) is 21.2. The summed E-state index contributed by atoms with van der Waals surface area (Å²) in [6.07, 6.45) is 1.06. The number of rotatable bonds is 6. The SMILES string of the molecule is CCc1nnc(C2CC(S(=O)(=O)NCc3ccc(Cl)cc3)CN2)o1. The Kier molecular flexibility index (Phi) is 5.19. The summed E-state index contributed by atoms with van der Waals surface area (Å²) >= 11 is 5.82. The van der Waals surface area contributed by atoms with E-state index in [1.807, 2.05) is 6.92 Å². The van der Waals surface area contributed by atoms with Gasteiger partial charge in [0.2, 0.25) is 21.8 Å². The van der Waals surface area contributed by atoms with Gasteiger partial charge in [-0.3, -0.25) is 0 Å². The molecule has 2 unspecified atom stereocenters. The van der Waals surface area contributed by atoms with Gasteiger partial charge in [-0.05, 0) is 24.1 Å². The van der Waals surface area contributed by atoms with Crippen LogP contribution < -0.4 is 10.0 Å². The van der Waals surface area contributed by atoms with Gasteiger partial charge in [-0.15, -0.1) is 10.2 Å². The zero-order chi connectivity index (χ0) is 17.2. The number of aryl methyl sites for hydroxylation is 1. The summed E-state index contributed by atoms with van der Waals surface area (Å²) in [6.45, 7) is 2.51. The van der Waals surface area contributed by atoms with Crippen LogP contribution in [0.25, 0.3) is 0 Å². The molecule has 0 saturated carbocycles. The second-order valence-electron chi connectivity index (χ2n) is 5.70. The Balaban J connectivity index is 1.60. The first-order chi connectivity index (χ1) is 11.5. The summed E-state index contributed by atoms with van der Waals surface area (Å²) < 4.78 is 33.1. The number of nitrogens with zero attached hydrogens (tertiary/aromatic N) is 2. The Morgan fingerprint density at radius 1 is 1.33 bits per heavy atom. The lowest BCUT2D eigenvalue weighted by molar-refractivity contribution is 0.405. The molecule has 9 heteroatoms. The van der Waals surface area contributed by atoms with E-state index < -0.39 is 15.3 Å². The van der Waals surface area contributed by atoms with Crippen LogP contribution in [0.2, 0.25) is 5.02 Å². The molecule has 7 nitrogen and oxygen atoms in total. The molecule has 2 aromatic rings. The van der Waals surface area contributed by atoms with Gasteiger partial charge in [0.15, 0.2) is 0 Å². The van der Waals surface area contributed by atoms with Crippen molar-refractivity contribution >= 4 is 21.6 Å². The van der Waals surface area contributed by atoms with Gasteiger partial charge in [0.1, 0.15) is 0 Å². The Hall–Kier alpha value is -1.48. The summed E-state index contributed by atoms with van der Waals surface area (Å²) in [4.78, 5) is 0. The molecule has 3 rings (SSSR count). The van der Waals surface area contributed by atoms with Crippen molar-refractivity contribution in [2.75, 3.05) is 6.54 Å². The van der Waals surface area contributed by atoms with Gasteiger partial charge >= 0.3 is 0 Å². The first kappa shape index (κ1) is 17.3. The maximum Gasteiger partial charge on any atom is 0.233 e. The smallest absolute Gasteiger partial charge is 0.233 e. The van der Waals surface area contributed by atoms with E-state index in [1.54, 1.807) is 24.3 Å². The largest absolute Gasteiger partial charge is 0.424 e. The molecule has 2 atom stereocenters. The van der Waals surface area contributed by atoms with E-state index in [0.29, 0.717) is 36.2 Å². The average molecular weight is 371 g/mol. The fourth-order valence-corrected chi connectivity index (χ4v) is 4.07. The van der Waals surface area contributed by atoms with Crippen molar-refractivity contribution in [1.82, 2.24) is 20.2 Å². The van der Waals surface area contributed by atoms with Crippen LogP contribution in [0.15, 0.2) is 28.7 Å². The number of aromatic nitrogens is 2. The monoisotopic (exact) mass is 370 g/mol. The van der Waals surface area contributed by atoms with Crippen LogP contribution in [0.1, 0.15) is 36.7 Å². The Morgan fingerprint density at radius 2 is 2.08 bits per heavy atom. The van der Waals surface area contributed by atoms with E-state index in [2.05, 4.69) is 20.2 Å². The van der Waals surface area contributed by atoms with Crippen molar-refractivity contribution in [3.8, 4) is 0 Å². The van der Waals surface area contributed by atoms with Crippen molar-refractivity contribution < 1.29 is 12.8 Å². The standard InChI is InChI=1S/C15H19ClN4O3S/c1-2-14-19-20-15(23-14)13-7-12(9-17-13)24(21,22)18-8-10-3-5-11(16)6-4-10/h3-6,12-13,17-18H,2,7-9H2,1H3. The van der Waals surface area contributed by atoms with Crippen molar-refractivity contribution in [3.63, 3.8) is 0 Å². The fraction of sp³-hybridized carbons (Fsp3) is 0.467. The summed E-state index contributed by atoms with van der Waals surface area (Å²) in [7, 11) is -3.44. The van der Waals surface area contributed by atoms with E-state index in [-0.39, 0.29) is 12.6 Å². The molecule has 0 aliphatic carbocycles. The molecule has 0 radical (unpaired) electrons. The van der Waals surface area contributed by atoms with Crippen LogP contribution >= 0.6 is 11.6 Å². The Bertz CT molecular complexity index is 791. The molecule has 2 N–H and O–H groups in total. The molecule has 2 heterocycles. The van der Waals surface area contributed by atoms with Gasteiger partial charge in [0.25, 0.3) is 0 Å². The van der Waals surface area contributed by atoms with Gasteiger partial charge in [0.05, 0.1) is 11.3 Å². The third-order valence-electron chi connectivity index (χ3n) is 4.00. The molecule has 1 aromatic heterocycles. The van der Waals surface area contributed by atoms with E-state index in [0.717, 1.165) is 5.56 Å². The van der Waals surface area contributed by atoms with Gasteiger partial charge in [-0.1, -0.05) is 30.7 Å². The first-order valence-corrected chi connectivity index (χ1v) is 9.69. The quantitative estimate of drug-likeness (QED) is 0.804. The number of benzene rings is 1. The zero-order valence-electron chi connectivity index (χ0n) is 13.2. The lowest BCUT2D eigenvalue weighted by Gasteiger charge is -2.12. The second-order valence-corrected chi connectivity index (χ2v) is 8.18. The van der Waals surface area contributed by atoms with Gasteiger partial charge in [-0.2, -0.15) is 0 Å². The van der Waals surface area contributed by atoms with E-state index >= 15 is 0 Å². The number of nitrogens with one attached hydrogen (secondary N) is 2. The highest BCUT2D eigenvalue weighted by Crippen LogP contribution is 2.26. The number of sulfonamides is 1. The first-order valence-electron chi connectivity index (χ1n) is 7.76. The van der Waals surface area contributed by atoms with E-state index in [9.17, 15) is 8.42 Å². The van der Waals surface area contributed by atoms with Crippen molar-refractivity contribution in [2.24, 2.45) is 0 Å². The highest BCUT2D eigenvalue weighted by Gasteiger charge is 2.36. The van der Waals surface area contributed by atoms with E-state index in [4.69, 9.17) is 16.0 Å². The Labute approximate surface area is 145 Å². The minimum absolute atomic E-state index is 0.227. The highest BCUT2D eigenvalue weighted by atomic mass is 35.5. The van der Waals surface area contributed by atoms with Crippen LogP contribution in [-0.2, 0) is 23.0 Å². The molecule has 0 spiro atoms. The predicted molar refractivity (Wildman–Crippen MR) is 90.0 cm³/mol. The van der Waals surface area contributed by atoms with Crippen LogP contribution in [0.4, 0.5) is 0 Å². The molecule has 1 saturated heterocycles. The zero-order valence-corrected chi connectivity index (χ0v) is 14.8. The van der Waals surface area contributed by atoms with Crippen LogP contribution in [0.3, 0.4) is 0 Å². The number of hydrogen-bond acceptors (Lipinski definition) is 6. The van der Waals surface area contributed by atoms with Gasteiger partial charge in [0, 0.05) is 24.5 Å². The van der Waals surface area contributed by atoms with Gasteiger partial charge < -0.3 is 9.73 Å². The highest BCUT2D eigenvalue weighted by molar-refractivity contribution is 7.90. The van der Waals surface area contributed by atoms with Gasteiger partial charge in [-0.25, -0.2) is 13.1 Å². The molecule has 0 amide bonds. The molecule has 1 aliphatic rings. The minimum atomic E-state index is -3.44. The molecular weight excluding hydrogens is 352 g/mol. The topological polar surface area (TPSA) is 97.1 Å². The van der Waals surface area contributed by atoms with Crippen molar-refractivity contribution in [2.45, 2.75) is 37.6 Å². The third kappa shape index (κ3) is 3.94. The molecule has 1 aliphatic heterocycles. The predicted octanol–water partition coefficient (Wildman–Crippen LogP) is 1.81. The lowest BCUT2D eigenvalue weighted by Crippen LogP contribution is -2.35. The van der Waals surface area contributed by atoms with Crippen LogP contribution in [-0.4, -0.2) is 30.4 Å². The van der Waals surface area contributed by atoms with Crippen LogP contribution in [0, 0.1) is 0 Å². The van der Waals surface area contributed by atoms with Crippen LogP contribution in [0.5, 0.6) is 0 Å². The van der Waals surface area contributed by atoms with Crippen molar-refractivity contribution in [1.29, 1.82) is 0 Å². The number of halogens is 1.